The number of piperidine rings is 1. The van der Waals surface area contributed by atoms with Gasteiger partial charge in [0.2, 0.25) is 5.91 Å². The van der Waals surface area contributed by atoms with Crippen LogP contribution in [-0.4, -0.2) is 46.7 Å². The average molecular weight is 291 g/mol. The van der Waals surface area contributed by atoms with Crippen molar-refractivity contribution in [2.75, 3.05) is 26.3 Å². The quantitative estimate of drug-likeness (QED) is 0.851. The van der Waals surface area contributed by atoms with Gasteiger partial charge in [0, 0.05) is 56.9 Å². The number of ether oxygens (including phenoxy) is 1. The molecule has 0 radical (unpaired) electrons. The summed E-state index contributed by atoms with van der Waals surface area (Å²) < 4.78 is 7.66. The first-order valence-corrected chi connectivity index (χ1v) is 8.08. The standard InChI is InChI=1S/C16H25N3O2/c1-2-14-17-7-10-18(14)9-4-15(20)19-8-3-5-16(12-19)6-11-21-13-16/h7,10H,2-6,8-9,11-13H2,1H3/t16-/m0/s1. The number of imidazole rings is 1. The van der Waals surface area contributed by atoms with E-state index in [1.54, 1.807) is 0 Å². The molecule has 5 nitrogen and oxygen atoms in total. The summed E-state index contributed by atoms with van der Waals surface area (Å²) in [4.78, 5) is 18.8. The van der Waals surface area contributed by atoms with E-state index in [0.29, 0.717) is 6.42 Å². The van der Waals surface area contributed by atoms with Gasteiger partial charge in [-0.05, 0) is 19.3 Å². The largest absolute Gasteiger partial charge is 0.381 e. The maximum absolute atomic E-state index is 12.5. The van der Waals surface area contributed by atoms with E-state index in [9.17, 15) is 4.79 Å². The van der Waals surface area contributed by atoms with Gasteiger partial charge in [0.15, 0.2) is 0 Å². The van der Waals surface area contributed by atoms with Gasteiger partial charge in [0.1, 0.15) is 5.82 Å². The molecule has 0 saturated carbocycles. The number of hydrogen-bond acceptors (Lipinski definition) is 3. The molecule has 2 fully saturated rings. The fourth-order valence-electron chi connectivity index (χ4n) is 3.62. The summed E-state index contributed by atoms with van der Waals surface area (Å²) in [5, 5.41) is 0. The molecule has 1 amide bonds. The van der Waals surface area contributed by atoms with E-state index >= 15 is 0 Å². The lowest BCUT2D eigenvalue weighted by Crippen LogP contribution is -2.46. The fourth-order valence-corrected chi connectivity index (χ4v) is 3.62. The van der Waals surface area contributed by atoms with Gasteiger partial charge in [-0.2, -0.15) is 0 Å². The maximum atomic E-state index is 12.5. The molecule has 0 bridgehead atoms. The summed E-state index contributed by atoms with van der Waals surface area (Å²) in [7, 11) is 0. The van der Waals surface area contributed by atoms with E-state index in [-0.39, 0.29) is 11.3 Å². The van der Waals surface area contributed by atoms with Crippen molar-refractivity contribution in [3.8, 4) is 0 Å². The predicted octanol–water partition coefficient (Wildman–Crippen LogP) is 1.86. The van der Waals surface area contributed by atoms with Crippen LogP contribution in [0, 0.1) is 5.41 Å². The highest BCUT2D eigenvalue weighted by Crippen LogP contribution is 2.37. The predicted molar refractivity (Wildman–Crippen MR) is 79.9 cm³/mol. The average Bonchev–Trinajstić information content (AvgIpc) is 3.14. The number of hydrogen-bond donors (Lipinski definition) is 0. The minimum absolute atomic E-state index is 0.248. The number of carbonyl (C=O) groups excluding carboxylic acids is 1. The summed E-state index contributed by atoms with van der Waals surface area (Å²) in [6, 6.07) is 0. The summed E-state index contributed by atoms with van der Waals surface area (Å²) in [5.74, 6) is 1.33. The molecule has 0 aromatic carbocycles. The van der Waals surface area contributed by atoms with Crippen molar-refractivity contribution in [2.24, 2.45) is 5.41 Å². The number of amides is 1. The minimum atomic E-state index is 0.248. The highest BCUT2D eigenvalue weighted by molar-refractivity contribution is 5.76. The second-order valence-corrected chi connectivity index (χ2v) is 6.36. The molecule has 116 valence electrons. The summed E-state index contributed by atoms with van der Waals surface area (Å²) in [6.45, 7) is 6.31. The van der Waals surface area contributed by atoms with E-state index < -0.39 is 0 Å². The lowest BCUT2D eigenvalue weighted by Gasteiger charge is -2.39. The zero-order valence-corrected chi connectivity index (χ0v) is 12.9. The first-order valence-electron chi connectivity index (χ1n) is 8.08. The van der Waals surface area contributed by atoms with E-state index in [2.05, 4.69) is 21.4 Å². The maximum Gasteiger partial charge on any atom is 0.224 e. The Kier molecular flexibility index (Phi) is 4.29. The van der Waals surface area contributed by atoms with Crippen molar-refractivity contribution in [3.05, 3.63) is 18.2 Å². The summed E-state index contributed by atoms with van der Waals surface area (Å²) >= 11 is 0. The molecule has 2 aliphatic rings. The third-order valence-corrected chi connectivity index (χ3v) is 4.88. The van der Waals surface area contributed by atoms with Crippen molar-refractivity contribution in [3.63, 3.8) is 0 Å². The Balaban J connectivity index is 1.55. The Morgan fingerprint density at radius 3 is 3.14 bits per heavy atom. The third kappa shape index (κ3) is 3.12. The van der Waals surface area contributed by atoms with Crippen LogP contribution in [0.1, 0.15) is 38.4 Å². The Bertz CT molecular complexity index is 491. The first kappa shape index (κ1) is 14.6. The lowest BCUT2D eigenvalue weighted by molar-refractivity contribution is -0.135. The molecule has 0 N–H and O–H groups in total. The zero-order chi connectivity index (χ0) is 14.7. The SMILES string of the molecule is CCc1nccn1CCC(=O)N1CCC[C@]2(CCOC2)C1. The van der Waals surface area contributed by atoms with Crippen LogP contribution in [0.4, 0.5) is 0 Å². The summed E-state index contributed by atoms with van der Waals surface area (Å²) in [5.41, 5.74) is 0.248. The molecule has 5 heteroatoms. The van der Waals surface area contributed by atoms with Crippen molar-refractivity contribution in [2.45, 2.75) is 45.6 Å². The molecule has 0 aliphatic carbocycles. The van der Waals surface area contributed by atoms with E-state index in [4.69, 9.17) is 4.74 Å². The van der Waals surface area contributed by atoms with Crippen LogP contribution in [0.25, 0.3) is 0 Å². The number of likely N-dealkylation sites (tertiary alicyclic amines) is 1. The summed E-state index contributed by atoms with van der Waals surface area (Å²) in [6.07, 6.45) is 8.69. The molecule has 1 aromatic rings. The molecule has 1 aromatic heterocycles. The van der Waals surface area contributed by atoms with E-state index in [0.717, 1.165) is 57.9 Å². The molecular weight excluding hydrogens is 266 g/mol. The Labute approximate surface area is 126 Å². The van der Waals surface area contributed by atoms with Crippen LogP contribution < -0.4 is 0 Å². The molecule has 2 aliphatic heterocycles. The van der Waals surface area contributed by atoms with Crippen LogP contribution in [0.15, 0.2) is 12.4 Å². The van der Waals surface area contributed by atoms with Crippen LogP contribution >= 0.6 is 0 Å². The molecule has 1 spiro atoms. The van der Waals surface area contributed by atoms with Gasteiger partial charge >= 0.3 is 0 Å². The Hall–Kier alpha value is -1.36. The molecule has 3 heterocycles. The normalized spacial score (nSPS) is 25.7. The van der Waals surface area contributed by atoms with Crippen molar-refractivity contribution in [1.82, 2.24) is 14.5 Å². The van der Waals surface area contributed by atoms with E-state index in [1.807, 2.05) is 12.4 Å². The second kappa shape index (κ2) is 6.18. The molecule has 21 heavy (non-hydrogen) atoms. The van der Waals surface area contributed by atoms with Gasteiger partial charge < -0.3 is 14.2 Å². The fraction of sp³-hybridized carbons (Fsp3) is 0.750. The second-order valence-electron chi connectivity index (χ2n) is 6.36. The number of rotatable bonds is 4. The minimum Gasteiger partial charge on any atom is -0.381 e. The zero-order valence-electron chi connectivity index (χ0n) is 12.9. The topological polar surface area (TPSA) is 47.4 Å². The Morgan fingerprint density at radius 2 is 2.38 bits per heavy atom. The van der Waals surface area contributed by atoms with Crippen LogP contribution in [0.2, 0.25) is 0 Å². The molecule has 1 atom stereocenters. The lowest BCUT2D eigenvalue weighted by atomic mass is 9.79. The third-order valence-electron chi connectivity index (χ3n) is 4.88. The van der Waals surface area contributed by atoms with Crippen LogP contribution in [0.5, 0.6) is 0 Å². The number of aromatic nitrogens is 2. The molecular formula is C16H25N3O2. The van der Waals surface area contributed by atoms with Gasteiger partial charge in [-0.1, -0.05) is 6.92 Å². The van der Waals surface area contributed by atoms with Crippen LogP contribution in [0.3, 0.4) is 0 Å². The first-order chi connectivity index (χ1) is 10.2. The Morgan fingerprint density at radius 1 is 1.48 bits per heavy atom. The highest BCUT2D eigenvalue weighted by Gasteiger charge is 2.39. The highest BCUT2D eigenvalue weighted by atomic mass is 16.5. The van der Waals surface area contributed by atoms with Gasteiger partial charge in [-0.15, -0.1) is 0 Å². The van der Waals surface area contributed by atoms with E-state index in [1.165, 1.54) is 6.42 Å². The van der Waals surface area contributed by atoms with Crippen molar-refractivity contribution < 1.29 is 9.53 Å². The smallest absolute Gasteiger partial charge is 0.224 e. The van der Waals surface area contributed by atoms with Gasteiger partial charge in [-0.25, -0.2) is 4.98 Å². The molecule has 0 unspecified atom stereocenters. The monoisotopic (exact) mass is 291 g/mol. The van der Waals surface area contributed by atoms with Crippen LogP contribution in [-0.2, 0) is 22.5 Å². The molecule has 3 rings (SSSR count). The van der Waals surface area contributed by atoms with Gasteiger partial charge in [0.25, 0.3) is 0 Å². The molecule has 2 saturated heterocycles. The number of carbonyl (C=O) groups is 1. The van der Waals surface area contributed by atoms with Gasteiger partial charge in [0.05, 0.1) is 6.61 Å². The van der Waals surface area contributed by atoms with Gasteiger partial charge in [-0.3, -0.25) is 4.79 Å². The number of nitrogens with zero attached hydrogens (tertiary/aromatic N) is 3. The van der Waals surface area contributed by atoms with Crippen molar-refractivity contribution in [1.29, 1.82) is 0 Å². The number of aryl methyl sites for hydroxylation is 2. The van der Waals surface area contributed by atoms with Crippen molar-refractivity contribution >= 4 is 5.91 Å².